The summed E-state index contributed by atoms with van der Waals surface area (Å²) in [5.41, 5.74) is 3.84. The maximum absolute atomic E-state index is 14.6. The van der Waals surface area contributed by atoms with E-state index in [-0.39, 0.29) is 37.1 Å². The topological polar surface area (TPSA) is 122 Å². The predicted molar refractivity (Wildman–Crippen MR) is 159 cm³/mol. The van der Waals surface area contributed by atoms with E-state index in [0.29, 0.717) is 18.8 Å². The van der Waals surface area contributed by atoms with Crippen LogP contribution in [-0.4, -0.2) is 91.8 Å². The van der Waals surface area contributed by atoms with E-state index < -0.39 is 22.3 Å². The van der Waals surface area contributed by atoms with Crippen LogP contribution >= 0.6 is 0 Å². The lowest BCUT2D eigenvalue weighted by Crippen LogP contribution is -2.47. The molecule has 10 nitrogen and oxygen atoms in total. The summed E-state index contributed by atoms with van der Waals surface area (Å²) in [4.78, 5) is 18.2. The van der Waals surface area contributed by atoms with Gasteiger partial charge in [-0.2, -0.15) is 8.42 Å². The van der Waals surface area contributed by atoms with Gasteiger partial charge in [-0.25, -0.2) is 4.18 Å². The van der Waals surface area contributed by atoms with Crippen LogP contribution in [0.3, 0.4) is 0 Å². The summed E-state index contributed by atoms with van der Waals surface area (Å²) in [5.74, 6) is -0.455. The first-order valence-corrected chi connectivity index (χ1v) is 15.5. The molecule has 2 heterocycles. The van der Waals surface area contributed by atoms with Crippen LogP contribution in [0.15, 0.2) is 72.8 Å². The van der Waals surface area contributed by atoms with Crippen LogP contribution in [0.4, 0.5) is 0 Å². The van der Waals surface area contributed by atoms with Crippen molar-refractivity contribution in [2.75, 3.05) is 46.6 Å². The number of phenols is 2. The van der Waals surface area contributed by atoms with Gasteiger partial charge in [0.2, 0.25) is 0 Å². The fourth-order valence-corrected chi connectivity index (χ4v) is 5.96. The Bertz CT molecular complexity index is 1620. The van der Waals surface area contributed by atoms with Gasteiger partial charge in [-0.1, -0.05) is 42.5 Å². The highest BCUT2D eigenvalue weighted by Crippen LogP contribution is 2.41. The third kappa shape index (κ3) is 6.44. The van der Waals surface area contributed by atoms with Gasteiger partial charge in [-0.05, 0) is 55.6 Å². The van der Waals surface area contributed by atoms with Crippen molar-refractivity contribution in [3.05, 3.63) is 95.2 Å². The molecule has 1 amide bonds. The minimum absolute atomic E-state index is 0.0519. The van der Waals surface area contributed by atoms with Gasteiger partial charge in [0.25, 0.3) is 16.0 Å². The average molecular weight is 594 g/mol. The van der Waals surface area contributed by atoms with Crippen LogP contribution in [0.2, 0.25) is 0 Å². The number of likely N-dealkylation sites (N-methyl/N-ethyl adjacent to an activating group) is 1. The van der Waals surface area contributed by atoms with Gasteiger partial charge < -0.3 is 29.3 Å². The van der Waals surface area contributed by atoms with E-state index in [1.54, 1.807) is 29.2 Å². The first-order chi connectivity index (χ1) is 20.0. The van der Waals surface area contributed by atoms with Gasteiger partial charge >= 0.3 is 0 Å². The molecule has 3 aromatic carbocycles. The van der Waals surface area contributed by atoms with E-state index >= 15 is 0 Å². The van der Waals surface area contributed by atoms with Gasteiger partial charge in [0.15, 0.2) is 6.29 Å². The molecule has 0 aliphatic carbocycles. The maximum atomic E-state index is 14.6. The molecule has 2 N–H and O–H groups in total. The number of fused-ring (bicyclic) bond motifs is 1. The van der Waals surface area contributed by atoms with Crippen molar-refractivity contribution in [1.82, 2.24) is 14.4 Å². The minimum Gasteiger partial charge on any atom is -0.508 e. The van der Waals surface area contributed by atoms with E-state index in [2.05, 4.69) is 0 Å². The van der Waals surface area contributed by atoms with Crippen LogP contribution < -0.4 is 0 Å². The molecule has 1 aliphatic heterocycles. The van der Waals surface area contributed by atoms with Crippen molar-refractivity contribution in [3.8, 4) is 11.5 Å². The minimum atomic E-state index is -3.80. The molecule has 5 rings (SSSR count). The smallest absolute Gasteiger partial charge is 0.271 e. The van der Waals surface area contributed by atoms with Crippen molar-refractivity contribution in [1.29, 1.82) is 0 Å². The Labute approximate surface area is 245 Å². The number of aromatic hydroxyl groups is 2. The molecule has 0 radical (unpaired) electrons. The van der Waals surface area contributed by atoms with E-state index in [9.17, 15) is 23.4 Å². The van der Waals surface area contributed by atoms with Gasteiger partial charge in [0.1, 0.15) is 17.2 Å². The largest absolute Gasteiger partial charge is 0.508 e. The highest BCUT2D eigenvalue weighted by Gasteiger charge is 2.35. The second-order valence-electron chi connectivity index (χ2n) is 10.7. The number of morpholine rings is 1. The zero-order chi connectivity index (χ0) is 30.0. The number of benzene rings is 3. The summed E-state index contributed by atoms with van der Waals surface area (Å²) in [6.45, 7) is 1.53. The molecule has 1 unspecified atom stereocenters. The average Bonchev–Trinajstić information content (AvgIpc) is 3.26. The van der Waals surface area contributed by atoms with Gasteiger partial charge in [0, 0.05) is 42.0 Å². The fourth-order valence-electron chi connectivity index (χ4n) is 5.45. The third-order valence-electron chi connectivity index (χ3n) is 7.33. The number of nitrogens with zero attached hydrogens (tertiary/aromatic N) is 3. The molecule has 42 heavy (non-hydrogen) atoms. The highest BCUT2D eigenvalue weighted by atomic mass is 32.2. The Morgan fingerprint density at radius 2 is 1.60 bits per heavy atom. The molecule has 0 bridgehead atoms. The number of ether oxygens (including phenoxy) is 1. The Morgan fingerprint density at radius 3 is 2.17 bits per heavy atom. The molecule has 11 heteroatoms. The molecule has 0 saturated carbocycles. The van der Waals surface area contributed by atoms with Gasteiger partial charge in [-0.15, -0.1) is 0 Å². The van der Waals surface area contributed by atoms with Crippen molar-refractivity contribution in [2.45, 2.75) is 18.8 Å². The third-order valence-corrected chi connectivity index (χ3v) is 7.89. The Hall–Kier alpha value is -3.90. The summed E-state index contributed by atoms with van der Waals surface area (Å²) >= 11 is 0. The van der Waals surface area contributed by atoms with Crippen molar-refractivity contribution >= 4 is 26.9 Å². The summed E-state index contributed by atoms with van der Waals surface area (Å²) in [5, 5.41) is 21.0. The second kappa shape index (κ2) is 12.1. The standard InChI is InChI=1S/C31H35N3O7S/c1-32(2)16-17-34-26-7-5-4-6-25(26)29(30(34)31(37)33-18-19-40-27(20-33)41-42(3,38)39)28(21-8-12-23(35)13-9-21)22-10-14-24(36)15-11-22/h4-15,27-28,35-36H,16-20H2,1-3H3. The summed E-state index contributed by atoms with van der Waals surface area (Å²) in [7, 11) is 0.143. The molecular formula is C31H35N3O7S. The molecule has 1 aliphatic rings. The summed E-state index contributed by atoms with van der Waals surface area (Å²) in [6.07, 6.45) is -0.153. The number of carbonyl (C=O) groups is 1. The Morgan fingerprint density at radius 1 is 1.00 bits per heavy atom. The highest BCUT2D eigenvalue weighted by molar-refractivity contribution is 7.86. The number of para-hydroxylation sites is 1. The predicted octanol–water partition coefficient (Wildman–Crippen LogP) is 3.57. The van der Waals surface area contributed by atoms with Gasteiger partial charge in [0.05, 0.1) is 19.4 Å². The summed E-state index contributed by atoms with van der Waals surface area (Å²) < 4.78 is 36.3. The zero-order valence-corrected chi connectivity index (χ0v) is 24.6. The van der Waals surface area contributed by atoms with E-state index in [1.165, 1.54) is 0 Å². The Kier molecular flexibility index (Phi) is 8.55. The first-order valence-electron chi connectivity index (χ1n) is 13.6. The fraction of sp³-hybridized carbons (Fsp3) is 0.323. The monoisotopic (exact) mass is 593 g/mol. The lowest BCUT2D eigenvalue weighted by atomic mass is 9.83. The van der Waals surface area contributed by atoms with Gasteiger partial charge in [-0.3, -0.25) is 4.79 Å². The van der Waals surface area contributed by atoms with Crippen molar-refractivity contribution < 1.29 is 32.3 Å². The van der Waals surface area contributed by atoms with Crippen LogP contribution in [0.1, 0.15) is 33.1 Å². The molecule has 1 fully saturated rings. The second-order valence-corrected chi connectivity index (χ2v) is 12.3. The lowest BCUT2D eigenvalue weighted by molar-refractivity contribution is -0.118. The molecule has 222 valence electrons. The Balaban J connectivity index is 1.74. The molecule has 1 saturated heterocycles. The van der Waals surface area contributed by atoms with Crippen LogP contribution in [0.5, 0.6) is 11.5 Å². The first kappa shape index (κ1) is 29.6. The van der Waals surface area contributed by atoms with E-state index in [1.807, 2.05) is 72.1 Å². The molecule has 1 atom stereocenters. The number of hydrogen-bond acceptors (Lipinski definition) is 8. The molecule has 4 aromatic rings. The van der Waals surface area contributed by atoms with E-state index in [0.717, 1.165) is 33.8 Å². The van der Waals surface area contributed by atoms with Crippen LogP contribution in [0.25, 0.3) is 10.9 Å². The maximum Gasteiger partial charge on any atom is 0.271 e. The number of amides is 1. The van der Waals surface area contributed by atoms with E-state index in [4.69, 9.17) is 8.92 Å². The van der Waals surface area contributed by atoms with Crippen LogP contribution in [0, 0.1) is 0 Å². The molecule has 1 aromatic heterocycles. The molecule has 0 spiro atoms. The number of rotatable bonds is 9. The normalized spacial score (nSPS) is 16.0. The number of carbonyl (C=O) groups excluding carboxylic acids is 1. The lowest BCUT2D eigenvalue weighted by Gasteiger charge is -2.33. The SMILES string of the molecule is CN(C)CCn1c(C(=O)N2CCOC(OS(C)(=O)=O)C2)c(C(c2ccc(O)cc2)c2ccc(O)cc2)c2ccccc21. The zero-order valence-electron chi connectivity index (χ0n) is 23.8. The van der Waals surface area contributed by atoms with Crippen molar-refractivity contribution in [2.24, 2.45) is 0 Å². The quantitative estimate of drug-likeness (QED) is 0.283. The van der Waals surface area contributed by atoms with Crippen LogP contribution in [-0.2, 0) is 25.6 Å². The number of phenolic OH excluding ortho intramolecular Hbond substituents is 2. The number of hydrogen-bond donors (Lipinski definition) is 2. The molecular weight excluding hydrogens is 558 g/mol. The summed E-state index contributed by atoms with van der Waals surface area (Å²) in [6, 6.07) is 21.6. The number of aromatic nitrogens is 1. The van der Waals surface area contributed by atoms with Crippen molar-refractivity contribution in [3.63, 3.8) is 0 Å².